The number of para-hydroxylation sites is 1. The fourth-order valence-corrected chi connectivity index (χ4v) is 5.16. The summed E-state index contributed by atoms with van der Waals surface area (Å²) in [5, 5.41) is 2.58. The molecule has 0 radical (unpaired) electrons. The van der Waals surface area contributed by atoms with E-state index in [9.17, 15) is 4.79 Å². The standard InChI is InChI=1S/C31H31NO3/c1-32(20-25-10-7-9-23-8-3-4-11-27(23)25)21-26-19-29(28-12-5-6-13-30(28)35-26)24-16-14-22(15-17-24)18-31(33)34-2/h3-17,26,29H,18-21H2,1-2H3. The fourth-order valence-electron chi connectivity index (χ4n) is 5.16. The normalized spacial score (nSPS) is 17.1. The maximum absolute atomic E-state index is 11.6. The van der Waals surface area contributed by atoms with Gasteiger partial charge in [-0.15, -0.1) is 0 Å². The van der Waals surface area contributed by atoms with Crippen molar-refractivity contribution in [1.82, 2.24) is 4.90 Å². The van der Waals surface area contributed by atoms with Crippen molar-refractivity contribution in [2.75, 3.05) is 20.7 Å². The van der Waals surface area contributed by atoms with Gasteiger partial charge in [0.05, 0.1) is 13.5 Å². The van der Waals surface area contributed by atoms with Gasteiger partial charge in [0.2, 0.25) is 0 Å². The highest BCUT2D eigenvalue weighted by atomic mass is 16.5. The number of carbonyl (C=O) groups excluding carboxylic acids is 1. The van der Waals surface area contributed by atoms with Crippen LogP contribution in [0.2, 0.25) is 0 Å². The Labute approximate surface area is 207 Å². The number of likely N-dealkylation sites (N-methyl/N-ethyl adjacent to an activating group) is 1. The van der Waals surface area contributed by atoms with Crippen LogP contribution in [0.15, 0.2) is 91.0 Å². The minimum Gasteiger partial charge on any atom is -0.489 e. The molecule has 0 saturated carbocycles. The Balaban J connectivity index is 1.33. The van der Waals surface area contributed by atoms with E-state index in [2.05, 4.69) is 84.7 Å². The van der Waals surface area contributed by atoms with E-state index in [0.29, 0.717) is 6.42 Å². The zero-order valence-electron chi connectivity index (χ0n) is 20.3. The van der Waals surface area contributed by atoms with Crippen LogP contribution in [0, 0.1) is 0 Å². The molecule has 0 fully saturated rings. The maximum Gasteiger partial charge on any atom is 0.309 e. The van der Waals surface area contributed by atoms with Gasteiger partial charge in [0.1, 0.15) is 11.9 Å². The first-order chi connectivity index (χ1) is 17.1. The van der Waals surface area contributed by atoms with Gasteiger partial charge in [0, 0.05) is 24.6 Å². The summed E-state index contributed by atoms with van der Waals surface area (Å²) >= 11 is 0. The van der Waals surface area contributed by atoms with E-state index in [1.54, 1.807) is 0 Å². The number of methoxy groups -OCH3 is 1. The lowest BCUT2D eigenvalue weighted by Gasteiger charge is -2.34. The lowest BCUT2D eigenvalue weighted by Crippen LogP contribution is -2.36. The van der Waals surface area contributed by atoms with Gasteiger partial charge in [-0.05, 0) is 47.0 Å². The number of nitrogens with zero attached hydrogens (tertiary/aromatic N) is 1. The number of carbonyl (C=O) groups is 1. The summed E-state index contributed by atoms with van der Waals surface area (Å²) in [6, 6.07) is 31.8. The molecule has 178 valence electrons. The van der Waals surface area contributed by atoms with Crippen molar-refractivity contribution in [1.29, 1.82) is 0 Å². The molecule has 2 atom stereocenters. The molecule has 1 aliphatic heterocycles. The zero-order chi connectivity index (χ0) is 24.2. The molecular weight excluding hydrogens is 434 g/mol. The quantitative estimate of drug-likeness (QED) is 0.315. The van der Waals surface area contributed by atoms with Crippen LogP contribution >= 0.6 is 0 Å². The van der Waals surface area contributed by atoms with Gasteiger partial charge in [-0.2, -0.15) is 0 Å². The molecule has 0 aromatic heterocycles. The van der Waals surface area contributed by atoms with Crippen LogP contribution in [0.25, 0.3) is 10.8 Å². The molecule has 0 bridgehead atoms. The van der Waals surface area contributed by atoms with Crippen molar-refractivity contribution < 1.29 is 14.3 Å². The molecular formula is C31H31NO3. The zero-order valence-corrected chi connectivity index (χ0v) is 20.3. The summed E-state index contributed by atoms with van der Waals surface area (Å²) in [5.74, 6) is 0.998. The van der Waals surface area contributed by atoms with E-state index in [-0.39, 0.29) is 18.0 Å². The molecule has 0 aliphatic carbocycles. The lowest BCUT2D eigenvalue weighted by atomic mass is 9.83. The van der Waals surface area contributed by atoms with Crippen LogP contribution in [0.4, 0.5) is 0 Å². The maximum atomic E-state index is 11.6. The second kappa shape index (κ2) is 10.3. The van der Waals surface area contributed by atoms with E-state index in [0.717, 1.165) is 30.8 Å². The Kier molecular flexibility index (Phi) is 6.82. The minimum absolute atomic E-state index is 0.0876. The van der Waals surface area contributed by atoms with Crippen molar-refractivity contribution in [2.24, 2.45) is 0 Å². The Hall–Kier alpha value is -3.63. The number of hydrogen-bond donors (Lipinski definition) is 0. The largest absolute Gasteiger partial charge is 0.489 e. The number of hydrogen-bond acceptors (Lipinski definition) is 4. The van der Waals surface area contributed by atoms with Gasteiger partial charge in [0.25, 0.3) is 0 Å². The van der Waals surface area contributed by atoms with Crippen LogP contribution < -0.4 is 4.74 Å². The third kappa shape index (κ3) is 5.23. The van der Waals surface area contributed by atoms with E-state index >= 15 is 0 Å². The summed E-state index contributed by atoms with van der Waals surface area (Å²) in [4.78, 5) is 14.0. The molecule has 35 heavy (non-hydrogen) atoms. The predicted molar refractivity (Wildman–Crippen MR) is 140 cm³/mol. The highest BCUT2D eigenvalue weighted by Gasteiger charge is 2.30. The van der Waals surface area contributed by atoms with E-state index < -0.39 is 0 Å². The number of benzene rings is 4. The third-order valence-electron chi connectivity index (χ3n) is 6.88. The van der Waals surface area contributed by atoms with Gasteiger partial charge in [-0.25, -0.2) is 0 Å². The molecule has 1 aliphatic rings. The van der Waals surface area contributed by atoms with Crippen molar-refractivity contribution >= 4 is 16.7 Å². The molecule has 1 heterocycles. The number of esters is 1. The van der Waals surface area contributed by atoms with Crippen molar-refractivity contribution in [3.8, 4) is 5.75 Å². The monoisotopic (exact) mass is 465 g/mol. The Bertz CT molecular complexity index is 1310. The number of fused-ring (bicyclic) bond motifs is 2. The van der Waals surface area contributed by atoms with Crippen LogP contribution in [0.1, 0.15) is 34.6 Å². The van der Waals surface area contributed by atoms with Gasteiger partial charge in [0.15, 0.2) is 0 Å². The average Bonchev–Trinajstić information content (AvgIpc) is 2.89. The predicted octanol–water partition coefficient (Wildman–Crippen LogP) is 5.97. The van der Waals surface area contributed by atoms with E-state index in [1.807, 2.05) is 18.2 Å². The first-order valence-electron chi connectivity index (χ1n) is 12.2. The van der Waals surface area contributed by atoms with Crippen LogP contribution in [0.3, 0.4) is 0 Å². The summed E-state index contributed by atoms with van der Waals surface area (Å²) in [6.45, 7) is 1.71. The van der Waals surface area contributed by atoms with Crippen molar-refractivity contribution in [3.05, 3.63) is 113 Å². The summed E-state index contributed by atoms with van der Waals surface area (Å²) in [6.07, 6.45) is 1.29. The highest BCUT2D eigenvalue weighted by molar-refractivity contribution is 5.85. The molecule has 0 saturated heterocycles. The summed E-state index contributed by atoms with van der Waals surface area (Å²) in [7, 11) is 3.59. The molecule has 2 unspecified atom stereocenters. The Morgan fingerprint density at radius 3 is 2.51 bits per heavy atom. The molecule has 5 rings (SSSR count). The van der Waals surface area contributed by atoms with E-state index in [1.165, 1.54) is 34.6 Å². The minimum atomic E-state index is -0.219. The van der Waals surface area contributed by atoms with Crippen molar-refractivity contribution in [3.63, 3.8) is 0 Å². The third-order valence-corrected chi connectivity index (χ3v) is 6.88. The highest BCUT2D eigenvalue weighted by Crippen LogP contribution is 2.40. The van der Waals surface area contributed by atoms with Crippen LogP contribution in [-0.2, 0) is 22.5 Å². The van der Waals surface area contributed by atoms with Crippen LogP contribution in [-0.4, -0.2) is 37.7 Å². The first-order valence-corrected chi connectivity index (χ1v) is 12.2. The van der Waals surface area contributed by atoms with Gasteiger partial charge < -0.3 is 9.47 Å². The molecule has 4 aromatic carbocycles. The molecule has 4 heteroatoms. The molecule has 4 nitrogen and oxygen atoms in total. The van der Waals surface area contributed by atoms with Gasteiger partial charge in [-0.1, -0.05) is 84.9 Å². The summed E-state index contributed by atoms with van der Waals surface area (Å²) < 4.78 is 11.3. The topological polar surface area (TPSA) is 38.8 Å². The lowest BCUT2D eigenvalue weighted by molar-refractivity contribution is -0.139. The smallest absolute Gasteiger partial charge is 0.309 e. The Morgan fingerprint density at radius 1 is 0.943 bits per heavy atom. The second-order valence-electron chi connectivity index (χ2n) is 9.40. The Morgan fingerprint density at radius 2 is 1.69 bits per heavy atom. The van der Waals surface area contributed by atoms with Gasteiger partial charge >= 0.3 is 5.97 Å². The SMILES string of the molecule is COC(=O)Cc1ccc(C2CC(CN(C)Cc3cccc4ccccc34)Oc3ccccc32)cc1. The molecule has 0 spiro atoms. The average molecular weight is 466 g/mol. The molecule has 0 N–H and O–H groups in total. The fraction of sp³-hybridized carbons (Fsp3) is 0.258. The summed E-state index contributed by atoms with van der Waals surface area (Å²) in [5.41, 5.74) is 4.77. The van der Waals surface area contributed by atoms with Crippen LogP contribution in [0.5, 0.6) is 5.75 Å². The van der Waals surface area contributed by atoms with Gasteiger partial charge in [-0.3, -0.25) is 9.69 Å². The second-order valence-corrected chi connectivity index (χ2v) is 9.40. The van der Waals surface area contributed by atoms with Crippen molar-refractivity contribution in [2.45, 2.75) is 31.4 Å². The first kappa shape index (κ1) is 23.1. The number of rotatable bonds is 7. The van der Waals surface area contributed by atoms with E-state index in [4.69, 9.17) is 9.47 Å². The number of ether oxygens (including phenoxy) is 2. The molecule has 0 amide bonds. The molecule has 4 aromatic rings.